The van der Waals surface area contributed by atoms with E-state index in [1.807, 2.05) is 6.07 Å². The van der Waals surface area contributed by atoms with Gasteiger partial charge in [0.15, 0.2) is 5.82 Å². The number of aromatic nitrogens is 2. The van der Waals surface area contributed by atoms with Crippen LogP contribution in [0.2, 0.25) is 0 Å². The van der Waals surface area contributed by atoms with Crippen LogP contribution in [-0.4, -0.2) is 41.5 Å². The molecule has 2 aromatic rings. The molecule has 0 bridgehead atoms. The number of hydrogen-bond donors (Lipinski definition) is 1. The van der Waals surface area contributed by atoms with Gasteiger partial charge in [0.05, 0.1) is 17.9 Å². The van der Waals surface area contributed by atoms with E-state index in [1.54, 1.807) is 12.5 Å². The van der Waals surface area contributed by atoms with Crippen LogP contribution >= 0.6 is 0 Å². The summed E-state index contributed by atoms with van der Waals surface area (Å²) in [5.74, 6) is 0.835. The zero-order valence-electron chi connectivity index (χ0n) is 11.6. The second-order valence-electron chi connectivity index (χ2n) is 5.18. The molecular formula is C15H19N5. The molecule has 1 fully saturated rings. The van der Waals surface area contributed by atoms with Crippen molar-refractivity contribution in [2.75, 3.05) is 37.3 Å². The molecule has 5 heteroatoms. The summed E-state index contributed by atoms with van der Waals surface area (Å²) in [7, 11) is 2.15. The van der Waals surface area contributed by atoms with Crippen molar-refractivity contribution in [2.24, 2.45) is 0 Å². The molecule has 0 radical (unpaired) electrons. The molecule has 1 aliphatic heterocycles. The molecule has 2 N–H and O–H groups in total. The monoisotopic (exact) mass is 269 g/mol. The quantitative estimate of drug-likeness (QED) is 0.896. The minimum absolute atomic E-state index is 0.271. The van der Waals surface area contributed by atoms with Crippen molar-refractivity contribution in [1.82, 2.24) is 14.9 Å². The van der Waals surface area contributed by atoms with E-state index in [2.05, 4.69) is 51.1 Å². The number of rotatable bonds is 2. The highest BCUT2D eigenvalue weighted by Gasteiger charge is 2.28. The van der Waals surface area contributed by atoms with Crippen LogP contribution in [0.5, 0.6) is 0 Å². The Morgan fingerprint density at radius 2 is 2.00 bits per heavy atom. The van der Waals surface area contributed by atoms with E-state index in [-0.39, 0.29) is 6.04 Å². The van der Waals surface area contributed by atoms with Gasteiger partial charge in [-0.3, -0.25) is 0 Å². The number of nitrogens with two attached hydrogens (primary N) is 1. The van der Waals surface area contributed by atoms with Crippen LogP contribution in [0.15, 0.2) is 42.9 Å². The molecule has 1 atom stereocenters. The number of piperazine rings is 1. The molecule has 1 aliphatic rings. The predicted octanol–water partition coefficient (Wildman–Crippen LogP) is 1.55. The lowest BCUT2D eigenvalue weighted by molar-refractivity contribution is 0.268. The maximum Gasteiger partial charge on any atom is 0.155 e. The summed E-state index contributed by atoms with van der Waals surface area (Å²) in [6.45, 7) is 2.89. The average molecular weight is 269 g/mol. The molecule has 20 heavy (non-hydrogen) atoms. The number of hydrogen-bond acceptors (Lipinski definition) is 5. The van der Waals surface area contributed by atoms with E-state index in [9.17, 15) is 0 Å². The summed E-state index contributed by atoms with van der Waals surface area (Å²) in [6, 6.07) is 10.8. The minimum atomic E-state index is 0.271. The third-order valence-corrected chi connectivity index (χ3v) is 3.76. The SMILES string of the molecule is CN1CCN(c2ncncc2N)C(c2ccccc2)C1. The van der Waals surface area contributed by atoms with Crippen molar-refractivity contribution in [3.63, 3.8) is 0 Å². The number of likely N-dealkylation sites (N-methyl/N-ethyl adjacent to an activating group) is 1. The van der Waals surface area contributed by atoms with Gasteiger partial charge in [-0.1, -0.05) is 30.3 Å². The maximum atomic E-state index is 6.05. The standard InChI is InChI=1S/C15H19N5/c1-19-7-8-20(15-13(16)9-17-11-18-15)14(10-19)12-5-3-2-4-6-12/h2-6,9,11,14H,7-8,10,16H2,1H3. The molecule has 0 amide bonds. The fourth-order valence-corrected chi connectivity index (χ4v) is 2.71. The zero-order chi connectivity index (χ0) is 13.9. The summed E-state index contributed by atoms with van der Waals surface area (Å²) in [5.41, 5.74) is 7.97. The lowest BCUT2D eigenvalue weighted by Crippen LogP contribution is -2.47. The van der Waals surface area contributed by atoms with Gasteiger partial charge in [0.1, 0.15) is 6.33 Å². The lowest BCUT2D eigenvalue weighted by atomic mass is 10.0. The highest BCUT2D eigenvalue weighted by atomic mass is 15.3. The molecular weight excluding hydrogens is 250 g/mol. The summed E-state index contributed by atoms with van der Waals surface area (Å²) in [5, 5.41) is 0. The minimum Gasteiger partial charge on any atom is -0.394 e. The maximum absolute atomic E-state index is 6.05. The van der Waals surface area contributed by atoms with Crippen LogP contribution in [0, 0.1) is 0 Å². The van der Waals surface area contributed by atoms with Crippen molar-refractivity contribution in [2.45, 2.75) is 6.04 Å². The third kappa shape index (κ3) is 2.44. The second kappa shape index (κ2) is 5.46. The zero-order valence-corrected chi connectivity index (χ0v) is 11.6. The first-order chi connectivity index (χ1) is 9.75. The Labute approximate surface area is 119 Å². The molecule has 5 nitrogen and oxygen atoms in total. The Morgan fingerprint density at radius 3 is 2.75 bits per heavy atom. The Kier molecular flexibility index (Phi) is 3.52. The second-order valence-corrected chi connectivity index (χ2v) is 5.18. The average Bonchev–Trinajstić information content (AvgIpc) is 2.49. The van der Waals surface area contributed by atoms with Gasteiger partial charge in [-0.15, -0.1) is 0 Å². The molecule has 1 saturated heterocycles. The Balaban J connectivity index is 1.97. The normalized spacial score (nSPS) is 20.1. The first-order valence-electron chi connectivity index (χ1n) is 6.81. The van der Waals surface area contributed by atoms with Gasteiger partial charge in [-0.2, -0.15) is 0 Å². The molecule has 0 saturated carbocycles. The summed E-state index contributed by atoms with van der Waals surface area (Å²) in [6.07, 6.45) is 3.23. The number of nitrogen functional groups attached to an aromatic ring is 1. The van der Waals surface area contributed by atoms with Gasteiger partial charge in [0.25, 0.3) is 0 Å². The van der Waals surface area contributed by atoms with Crippen molar-refractivity contribution >= 4 is 11.5 Å². The van der Waals surface area contributed by atoms with E-state index in [0.717, 1.165) is 25.5 Å². The van der Waals surface area contributed by atoms with Gasteiger partial charge < -0.3 is 15.5 Å². The summed E-state index contributed by atoms with van der Waals surface area (Å²) in [4.78, 5) is 13.0. The lowest BCUT2D eigenvalue weighted by Gasteiger charge is -2.41. The first-order valence-corrected chi connectivity index (χ1v) is 6.81. The van der Waals surface area contributed by atoms with E-state index >= 15 is 0 Å². The molecule has 104 valence electrons. The molecule has 2 heterocycles. The van der Waals surface area contributed by atoms with Crippen LogP contribution in [0.1, 0.15) is 11.6 Å². The molecule has 0 aliphatic carbocycles. The van der Waals surface area contributed by atoms with Crippen LogP contribution in [0.3, 0.4) is 0 Å². The van der Waals surface area contributed by atoms with Gasteiger partial charge in [-0.05, 0) is 12.6 Å². The third-order valence-electron chi connectivity index (χ3n) is 3.76. The number of nitrogens with zero attached hydrogens (tertiary/aromatic N) is 4. The van der Waals surface area contributed by atoms with E-state index in [0.29, 0.717) is 5.69 Å². The topological polar surface area (TPSA) is 58.3 Å². The fourth-order valence-electron chi connectivity index (χ4n) is 2.71. The molecule has 0 spiro atoms. The molecule has 3 rings (SSSR count). The smallest absolute Gasteiger partial charge is 0.155 e. The Hall–Kier alpha value is -2.14. The van der Waals surface area contributed by atoms with E-state index in [1.165, 1.54) is 5.56 Å². The Bertz CT molecular complexity index is 571. The van der Waals surface area contributed by atoms with Crippen LogP contribution < -0.4 is 10.6 Å². The molecule has 1 unspecified atom stereocenters. The van der Waals surface area contributed by atoms with Crippen molar-refractivity contribution in [1.29, 1.82) is 0 Å². The van der Waals surface area contributed by atoms with Crippen molar-refractivity contribution < 1.29 is 0 Å². The highest BCUT2D eigenvalue weighted by Crippen LogP contribution is 2.31. The predicted molar refractivity (Wildman–Crippen MR) is 80.5 cm³/mol. The fraction of sp³-hybridized carbons (Fsp3) is 0.333. The van der Waals surface area contributed by atoms with Gasteiger partial charge in [0, 0.05) is 19.6 Å². The number of benzene rings is 1. The summed E-state index contributed by atoms with van der Waals surface area (Å²) >= 11 is 0. The highest BCUT2D eigenvalue weighted by molar-refractivity contribution is 5.62. The van der Waals surface area contributed by atoms with Gasteiger partial charge >= 0.3 is 0 Å². The number of anilines is 2. The van der Waals surface area contributed by atoms with Gasteiger partial charge in [0.2, 0.25) is 0 Å². The Morgan fingerprint density at radius 1 is 1.20 bits per heavy atom. The first kappa shape index (κ1) is 12.9. The van der Waals surface area contributed by atoms with Gasteiger partial charge in [-0.25, -0.2) is 9.97 Å². The van der Waals surface area contributed by atoms with E-state index < -0.39 is 0 Å². The van der Waals surface area contributed by atoms with Crippen LogP contribution in [0.25, 0.3) is 0 Å². The van der Waals surface area contributed by atoms with Crippen LogP contribution in [-0.2, 0) is 0 Å². The summed E-state index contributed by atoms with van der Waals surface area (Å²) < 4.78 is 0. The van der Waals surface area contributed by atoms with E-state index in [4.69, 9.17) is 5.73 Å². The largest absolute Gasteiger partial charge is 0.394 e. The van der Waals surface area contributed by atoms with Crippen molar-refractivity contribution in [3.05, 3.63) is 48.4 Å². The van der Waals surface area contributed by atoms with Crippen molar-refractivity contribution in [3.8, 4) is 0 Å². The molecule has 1 aromatic heterocycles. The van der Waals surface area contributed by atoms with Crippen LogP contribution in [0.4, 0.5) is 11.5 Å². The molecule has 1 aromatic carbocycles.